The molecule has 1 heterocycles. The van der Waals surface area contributed by atoms with Crippen molar-refractivity contribution in [3.63, 3.8) is 0 Å². The van der Waals surface area contributed by atoms with E-state index >= 15 is 0 Å². The highest BCUT2D eigenvalue weighted by atomic mass is 127. The van der Waals surface area contributed by atoms with Gasteiger partial charge in [0.15, 0.2) is 0 Å². The molecule has 1 amide bonds. The number of amides is 1. The molecular weight excluding hydrogens is 576 g/mol. The number of piperidine rings is 1. The maximum absolute atomic E-state index is 13.0. The minimum atomic E-state index is -0.278. The third kappa shape index (κ3) is 6.65. The molecule has 10 heteroatoms. The predicted molar refractivity (Wildman–Crippen MR) is 139 cm³/mol. The fourth-order valence-corrected chi connectivity index (χ4v) is 5.38. The summed E-state index contributed by atoms with van der Waals surface area (Å²) in [6.07, 6.45) is 1.49. The molecule has 1 saturated heterocycles. The summed E-state index contributed by atoms with van der Waals surface area (Å²) in [5.41, 5.74) is 6.54. The second-order valence-electron chi connectivity index (χ2n) is 8.46. The van der Waals surface area contributed by atoms with Crippen LogP contribution in [0.15, 0.2) is 36.4 Å². The van der Waals surface area contributed by atoms with Crippen LogP contribution in [0, 0.1) is 5.82 Å². The van der Waals surface area contributed by atoms with Crippen LogP contribution in [0.5, 0.6) is 11.5 Å². The molecule has 2 aromatic carbocycles. The molecule has 1 fully saturated rings. The number of likely N-dealkylation sites (tertiary alicyclic amines) is 1. The molecule has 3 N–H and O–H groups in total. The van der Waals surface area contributed by atoms with Crippen molar-refractivity contribution in [2.24, 2.45) is 0 Å². The number of nitrogens with zero attached hydrogens (tertiary/aromatic N) is 1. The Labute approximate surface area is 218 Å². The van der Waals surface area contributed by atoms with Crippen molar-refractivity contribution < 1.29 is 27.9 Å². The summed E-state index contributed by atoms with van der Waals surface area (Å²) >= 11 is 8.55. The lowest BCUT2D eigenvalue weighted by Gasteiger charge is -2.46. The van der Waals surface area contributed by atoms with Crippen LogP contribution in [-0.4, -0.2) is 67.5 Å². The number of nitrogens with two attached hydrogens (primary N) is 1. The second kappa shape index (κ2) is 12.2. The molecule has 0 bridgehead atoms. The molecule has 1 aliphatic rings. The van der Waals surface area contributed by atoms with Gasteiger partial charge in [0, 0.05) is 26.0 Å². The highest BCUT2D eigenvalue weighted by Crippen LogP contribution is 2.30. The Bertz CT molecular complexity index is 981. The zero-order valence-corrected chi connectivity index (χ0v) is 22.3. The molecule has 7 nitrogen and oxygen atoms in total. The fraction of sp³-hybridized carbons (Fsp3) is 0.458. The molecule has 0 aliphatic carbocycles. The number of hydrogen-bond donors (Lipinski definition) is 2. The molecule has 2 aromatic rings. The fourth-order valence-electron chi connectivity index (χ4n) is 4.26. The Kier molecular flexibility index (Phi) is 9.64. The van der Waals surface area contributed by atoms with E-state index in [1.807, 2.05) is 0 Å². The molecule has 0 radical (unpaired) electrons. The van der Waals surface area contributed by atoms with Gasteiger partial charge in [0.05, 0.1) is 49.1 Å². The minimum Gasteiger partial charge on any atom is -0.496 e. The van der Waals surface area contributed by atoms with Gasteiger partial charge >= 0.3 is 0 Å². The highest BCUT2D eigenvalue weighted by molar-refractivity contribution is 14.1. The smallest absolute Gasteiger partial charge is 0.255 e. The Morgan fingerprint density at radius 1 is 1.29 bits per heavy atom. The molecule has 3 unspecified atom stereocenters. The van der Waals surface area contributed by atoms with Crippen LogP contribution in [0.3, 0.4) is 0 Å². The number of halogens is 3. The first kappa shape index (κ1) is 26.8. The number of carbonyl (C=O) groups is 1. The number of carbonyl (C=O) groups excluding carboxylic acids is 1. The summed E-state index contributed by atoms with van der Waals surface area (Å²) in [5, 5.41) is 3.41. The number of nitrogen functional groups attached to an aromatic ring is 1. The highest BCUT2D eigenvalue weighted by Gasteiger charge is 2.40. The molecule has 0 aromatic heterocycles. The lowest BCUT2D eigenvalue weighted by atomic mass is 9.98. The summed E-state index contributed by atoms with van der Waals surface area (Å²) in [6.45, 7) is 3.16. The summed E-state index contributed by atoms with van der Waals surface area (Å²) < 4.78 is 31.7. The quantitative estimate of drug-likeness (QED) is 0.106. The number of benzene rings is 2. The monoisotopic (exact) mass is 606 g/mol. The molecule has 0 spiro atoms. The van der Waals surface area contributed by atoms with Gasteiger partial charge in [-0.05, 0) is 52.9 Å². The van der Waals surface area contributed by atoms with E-state index in [9.17, 15) is 9.18 Å². The van der Waals surface area contributed by atoms with Gasteiger partial charge in [-0.1, -0.05) is 11.6 Å². The normalized spacial score (nSPS) is 22.3. The van der Waals surface area contributed by atoms with Crippen LogP contribution in [0.4, 0.5) is 10.1 Å². The van der Waals surface area contributed by atoms with Crippen molar-refractivity contribution in [2.75, 3.05) is 50.7 Å². The van der Waals surface area contributed by atoms with Crippen molar-refractivity contribution in [3.05, 3.63) is 52.8 Å². The topological polar surface area (TPSA) is 82.8 Å². The number of anilines is 1. The average molecular weight is 607 g/mol. The van der Waals surface area contributed by atoms with E-state index in [0.29, 0.717) is 34.4 Å². The van der Waals surface area contributed by atoms with E-state index in [-0.39, 0.29) is 23.9 Å². The molecule has 1 aliphatic heterocycles. The van der Waals surface area contributed by atoms with Crippen LogP contribution < -0.4 is 20.5 Å². The third-order valence-corrected chi connectivity index (χ3v) is 8.00. The number of hydrogen-bond acceptors (Lipinski definition) is 5. The van der Waals surface area contributed by atoms with Crippen molar-refractivity contribution in [1.82, 2.24) is 5.32 Å². The van der Waals surface area contributed by atoms with E-state index in [1.165, 1.54) is 25.3 Å². The SMILES string of the molecule is COc1cc(N)c(Cl)cc1C(=O)NC1CC[N+](CI)(CCCOc2ccc(F)cc2)CC1OC. The summed E-state index contributed by atoms with van der Waals surface area (Å²) in [4.78, 5) is 13.0. The maximum Gasteiger partial charge on any atom is 0.255 e. The molecule has 186 valence electrons. The van der Waals surface area contributed by atoms with Gasteiger partial charge in [0.1, 0.15) is 34.5 Å². The minimum absolute atomic E-state index is 0.136. The number of methoxy groups -OCH3 is 2. The van der Waals surface area contributed by atoms with Crippen LogP contribution in [-0.2, 0) is 4.74 Å². The van der Waals surface area contributed by atoms with Crippen molar-refractivity contribution in [2.45, 2.75) is 25.0 Å². The lowest BCUT2D eigenvalue weighted by Crippen LogP contribution is -2.63. The van der Waals surface area contributed by atoms with Crippen molar-refractivity contribution >= 4 is 45.8 Å². The number of nitrogens with one attached hydrogen (secondary N) is 1. The number of rotatable bonds is 10. The number of quaternary nitrogens is 1. The molecular formula is C24H31ClFIN3O4+. The van der Waals surface area contributed by atoms with Gasteiger partial charge < -0.3 is 29.7 Å². The zero-order valence-electron chi connectivity index (χ0n) is 19.4. The van der Waals surface area contributed by atoms with Crippen molar-refractivity contribution in [1.29, 1.82) is 0 Å². The lowest BCUT2D eigenvalue weighted by molar-refractivity contribution is -0.921. The van der Waals surface area contributed by atoms with E-state index in [0.717, 1.165) is 41.5 Å². The van der Waals surface area contributed by atoms with E-state index in [1.54, 1.807) is 25.3 Å². The maximum atomic E-state index is 13.0. The Balaban J connectivity index is 1.58. The summed E-state index contributed by atoms with van der Waals surface area (Å²) in [5.74, 6) is 0.493. The van der Waals surface area contributed by atoms with Gasteiger partial charge in [-0.15, -0.1) is 0 Å². The second-order valence-corrected chi connectivity index (χ2v) is 9.55. The van der Waals surface area contributed by atoms with Crippen LogP contribution in [0.25, 0.3) is 0 Å². The van der Waals surface area contributed by atoms with Crippen LogP contribution >= 0.6 is 34.2 Å². The number of alkyl halides is 1. The zero-order chi connectivity index (χ0) is 24.7. The van der Waals surface area contributed by atoms with Gasteiger partial charge in [-0.25, -0.2) is 4.39 Å². The Morgan fingerprint density at radius 2 is 2.03 bits per heavy atom. The largest absolute Gasteiger partial charge is 0.496 e. The van der Waals surface area contributed by atoms with E-state index in [4.69, 9.17) is 31.5 Å². The van der Waals surface area contributed by atoms with Gasteiger partial charge in [-0.2, -0.15) is 0 Å². The van der Waals surface area contributed by atoms with Gasteiger partial charge in [0.25, 0.3) is 5.91 Å². The summed E-state index contributed by atoms with van der Waals surface area (Å²) in [6, 6.07) is 9.00. The van der Waals surface area contributed by atoms with Gasteiger partial charge in [0.2, 0.25) is 0 Å². The molecule has 34 heavy (non-hydrogen) atoms. The van der Waals surface area contributed by atoms with E-state index < -0.39 is 0 Å². The average Bonchev–Trinajstić information content (AvgIpc) is 2.85. The first-order chi connectivity index (χ1) is 16.3. The summed E-state index contributed by atoms with van der Waals surface area (Å²) in [7, 11) is 3.17. The first-order valence-electron chi connectivity index (χ1n) is 11.1. The van der Waals surface area contributed by atoms with E-state index in [2.05, 4.69) is 27.9 Å². The van der Waals surface area contributed by atoms with Crippen molar-refractivity contribution in [3.8, 4) is 11.5 Å². The molecule has 0 saturated carbocycles. The molecule has 3 rings (SSSR count). The number of ether oxygens (including phenoxy) is 3. The standard InChI is InChI=1S/C24H30ClFIN3O4/c1-32-22-13-20(28)19(25)12-18(22)24(31)29-21-8-10-30(15-27,14-23(21)33-2)9-3-11-34-17-6-4-16(26)5-7-17/h4-7,12-13,21,23H,3,8-11,14-15H2,1-2H3,(H2-,28,29,31)/p+1. The first-order valence-corrected chi connectivity index (χ1v) is 13.0. The predicted octanol–water partition coefficient (Wildman–Crippen LogP) is 4.27. The Morgan fingerprint density at radius 3 is 2.68 bits per heavy atom. The Hall–Kier alpha value is -1.82. The van der Waals surface area contributed by atoms with Gasteiger partial charge in [-0.3, -0.25) is 4.79 Å². The molecule has 3 atom stereocenters. The third-order valence-electron chi connectivity index (χ3n) is 6.23. The van der Waals surface area contributed by atoms with Crippen LogP contribution in [0.1, 0.15) is 23.2 Å². The van der Waals surface area contributed by atoms with Crippen LogP contribution in [0.2, 0.25) is 5.02 Å².